The first-order chi connectivity index (χ1) is 8.43. The number of nitrogens with zero attached hydrogens (tertiary/aromatic N) is 2. The molecule has 1 atom stereocenters. The number of carbonyl (C=O) groups excluding carboxylic acids is 1. The summed E-state index contributed by atoms with van der Waals surface area (Å²) in [4.78, 5) is 14.8. The highest BCUT2D eigenvalue weighted by Gasteiger charge is 2.35. The van der Waals surface area contributed by atoms with Crippen molar-refractivity contribution in [3.8, 4) is 0 Å². The van der Waals surface area contributed by atoms with E-state index in [1.54, 1.807) is 0 Å². The van der Waals surface area contributed by atoms with Crippen molar-refractivity contribution in [3.05, 3.63) is 23.5 Å². The maximum absolute atomic E-state index is 12.3. The number of nitrogens with two attached hydrogens (primary N) is 1. The van der Waals surface area contributed by atoms with Crippen molar-refractivity contribution in [1.29, 1.82) is 0 Å². The number of amides is 1. The summed E-state index contributed by atoms with van der Waals surface area (Å²) in [6.45, 7) is 0.365. The Morgan fingerprint density at radius 2 is 2.28 bits per heavy atom. The van der Waals surface area contributed by atoms with Crippen molar-refractivity contribution in [1.82, 2.24) is 9.29 Å². The fourth-order valence-corrected chi connectivity index (χ4v) is 3.78. The smallest absolute Gasteiger partial charge is 0.246 e. The van der Waals surface area contributed by atoms with Gasteiger partial charge in [0, 0.05) is 25.5 Å². The zero-order valence-corrected chi connectivity index (χ0v) is 11.0. The van der Waals surface area contributed by atoms with Crippen LogP contribution in [0.3, 0.4) is 0 Å². The molecule has 1 fully saturated rings. The van der Waals surface area contributed by atoms with Gasteiger partial charge in [-0.05, 0) is 12.5 Å². The highest BCUT2D eigenvalue weighted by molar-refractivity contribution is 7.89. The maximum Gasteiger partial charge on any atom is 0.246 e. The van der Waals surface area contributed by atoms with Crippen LogP contribution in [0.15, 0.2) is 23.4 Å². The first-order valence-corrected chi connectivity index (χ1v) is 7.13. The van der Waals surface area contributed by atoms with Gasteiger partial charge in [0.1, 0.15) is 4.90 Å². The Bertz CT molecular complexity index is 575. The average molecular weight is 290 g/mol. The van der Waals surface area contributed by atoms with E-state index in [4.69, 9.17) is 17.3 Å². The van der Waals surface area contributed by atoms with E-state index in [0.717, 1.165) is 0 Å². The molecule has 0 aromatic carbocycles. The summed E-state index contributed by atoms with van der Waals surface area (Å²) in [6.07, 6.45) is 3.05. The highest BCUT2D eigenvalue weighted by Crippen LogP contribution is 2.27. The van der Waals surface area contributed by atoms with E-state index in [2.05, 4.69) is 4.98 Å². The molecule has 98 valence electrons. The van der Waals surface area contributed by atoms with Crippen LogP contribution in [-0.2, 0) is 14.8 Å². The largest absolute Gasteiger partial charge is 0.369 e. The van der Waals surface area contributed by atoms with Crippen molar-refractivity contribution in [2.45, 2.75) is 11.3 Å². The molecular formula is C10H12ClN3O3S. The first-order valence-electron chi connectivity index (χ1n) is 5.32. The van der Waals surface area contributed by atoms with Crippen LogP contribution in [0, 0.1) is 5.92 Å². The van der Waals surface area contributed by atoms with E-state index in [1.807, 2.05) is 0 Å². The normalized spacial score (nSPS) is 21.1. The zero-order valence-electron chi connectivity index (χ0n) is 9.41. The number of halogens is 1. The van der Waals surface area contributed by atoms with Gasteiger partial charge in [0.2, 0.25) is 15.9 Å². The predicted octanol–water partition coefficient (Wildman–Crippen LogP) is 0.231. The van der Waals surface area contributed by atoms with E-state index in [0.29, 0.717) is 6.42 Å². The molecule has 2 rings (SSSR count). The third-order valence-electron chi connectivity index (χ3n) is 2.91. The molecule has 0 aliphatic carbocycles. The second-order valence-electron chi connectivity index (χ2n) is 4.06. The van der Waals surface area contributed by atoms with Crippen LogP contribution in [0.4, 0.5) is 0 Å². The molecular weight excluding hydrogens is 278 g/mol. The average Bonchev–Trinajstić information content (AvgIpc) is 2.79. The Morgan fingerprint density at radius 3 is 2.83 bits per heavy atom. The zero-order chi connectivity index (χ0) is 13.3. The van der Waals surface area contributed by atoms with Gasteiger partial charge in [0.15, 0.2) is 0 Å². The molecule has 6 nitrogen and oxygen atoms in total. The first kappa shape index (κ1) is 13.3. The van der Waals surface area contributed by atoms with Gasteiger partial charge < -0.3 is 5.73 Å². The van der Waals surface area contributed by atoms with Gasteiger partial charge in [-0.2, -0.15) is 4.31 Å². The lowest BCUT2D eigenvalue weighted by Crippen LogP contribution is -2.32. The number of sulfonamides is 1. The summed E-state index contributed by atoms with van der Waals surface area (Å²) in [5.74, 6) is -0.916. The van der Waals surface area contributed by atoms with Crippen LogP contribution < -0.4 is 5.73 Å². The molecule has 2 N–H and O–H groups in total. The lowest BCUT2D eigenvalue weighted by Gasteiger charge is -2.16. The summed E-state index contributed by atoms with van der Waals surface area (Å²) in [6, 6.07) is 1.41. The van der Waals surface area contributed by atoms with Gasteiger partial charge >= 0.3 is 0 Å². The van der Waals surface area contributed by atoms with E-state index in [-0.39, 0.29) is 23.0 Å². The third-order valence-corrected chi connectivity index (χ3v) is 5.24. The second-order valence-corrected chi connectivity index (χ2v) is 6.37. The summed E-state index contributed by atoms with van der Waals surface area (Å²) >= 11 is 5.85. The fourth-order valence-electron chi connectivity index (χ4n) is 1.87. The van der Waals surface area contributed by atoms with Gasteiger partial charge in [-0.15, -0.1) is 0 Å². The predicted molar refractivity (Wildman–Crippen MR) is 65.3 cm³/mol. The van der Waals surface area contributed by atoms with Gasteiger partial charge in [0.05, 0.1) is 10.9 Å². The molecule has 0 radical (unpaired) electrons. The van der Waals surface area contributed by atoms with E-state index in [1.165, 1.54) is 22.8 Å². The highest BCUT2D eigenvalue weighted by atomic mass is 35.5. The quantitative estimate of drug-likeness (QED) is 0.862. The topological polar surface area (TPSA) is 93.4 Å². The van der Waals surface area contributed by atoms with Crippen molar-refractivity contribution in [3.63, 3.8) is 0 Å². The van der Waals surface area contributed by atoms with Crippen molar-refractivity contribution in [2.24, 2.45) is 11.7 Å². The van der Waals surface area contributed by atoms with Crippen LogP contribution in [0.5, 0.6) is 0 Å². The number of carbonyl (C=O) groups is 1. The molecule has 1 aliphatic heterocycles. The lowest BCUT2D eigenvalue weighted by atomic mass is 10.1. The van der Waals surface area contributed by atoms with Gasteiger partial charge in [-0.3, -0.25) is 9.78 Å². The Hall–Kier alpha value is -1.18. The number of hydrogen-bond acceptors (Lipinski definition) is 4. The minimum absolute atomic E-state index is 0.0446. The number of rotatable bonds is 3. The molecule has 1 aliphatic rings. The van der Waals surface area contributed by atoms with Crippen LogP contribution in [0.1, 0.15) is 6.42 Å². The lowest BCUT2D eigenvalue weighted by molar-refractivity contribution is -0.121. The minimum atomic E-state index is -3.70. The van der Waals surface area contributed by atoms with Gasteiger partial charge in [0.25, 0.3) is 0 Å². The Labute approximate surface area is 110 Å². The molecule has 0 spiro atoms. The molecule has 2 heterocycles. The van der Waals surface area contributed by atoms with Crippen LogP contribution in [-0.4, -0.2) is 36.7 Å². The summed E-state index contributed by atoms with van der Waals surface area (Å²) in [5.41, 5.74) is 5.17. The van der Waals surface area contributed by atoms with Gasteiger partial charge in [-0.1, -0.05) is 11.6 Å². The monoisotopic (exact) mass is 289 g/mol. The van der Waals surface area contributed by atoms with E-state index >= 15 is 0 Å². The van der Waals surface area contributed by atoms with Crippen LogP contribution in [0.2, 0.25) is 5.02 Å². The van der Waals surface area contributed by atoms with E-state index < -0.39 is 21.8 Å². The van der Waals surface area contributed by atoms with Crippen LogP contribution >= 0.6 is 11.6 Å². The molecule has 0 bridgehead atoms. The number of aromatic nitrogens is 1. The van der Waals surface area contributed by atoms with Crippen molar-refractivity contribution < 1.29 is 13.2 Å². The Balaban J connectivity index is 2.29. The summed E-state index contributed by atoms with van der Waals surface area (Å²) < 4.78 is 25.8. The van der Waals surface area contributed by atoms with Crippen molar-refractivity contribution in [2.75, 3.05) is 13.1 Å². The number of pyridine rings is 1. The number of hydrogen-bond donors (Lipinski definition) is 1. The SMILES string of the molecule is NC(=O)C1CCN(S(=O)(=O)c2cnccc2Cl)C1. The minimum Gasteiger partial charge on any atom is -0.369 e. The summed E-state index contributed by atoms with van der Waals surface area (Å²) in [7, 11) is -3.70. The Morgan fingerprint density at radius 1 is 1.56 bits per heavy atom. The molecule has 0 saturated carbocycles. The number of primary amides is 1. The second kappa shape index (κ2) is 4.83. The molecule has 1 saturated heterocycles. The standard InChI is InChI=1S/C10H12ClN3O3S/c11-8-1-3-13-5-9(8)18(16,17)14-4-2-7(6-14)10(12)15/h1,3,5,7H,2,4,6H2,(H2,12,15). The van der Waals surface area contributed by atoms with Crippen molar-refractivity contribution >= 4 is 27.5 Å². The van der Waals surface area contributed by atoms with Crippen LogP contribution in [0.25, 0.3) is 0 Å². The molecule has 1 amide bonds. The molecule has 18 heavy (non-hydrogen) atoms. The van der Waals surface area contributed by atoms with Gasteiger partial charge in [-0.25, -0.2) is 8.42 Å². The maximum atomic E-state index is 12.3. The van der Waals surface area contributed by atoms with E-state index in [9.17, 15) is 13.2 Å². The molecule has 1 aromatic heterocycles. The third kappa shape index (κ3) is 2.33. The molecule has 8 heteroatoms. The fraction of sp³-hybridized carbons (Fsp3) is 0.400. The Kier molecular flexibility index (Phi) is 3.56. The molecule has 1 aromatic rings. The molecule has 1 unspecified atom stereocenters. The summed E-state index contributed by atoms with van der Waals surface area (Å²) in [5, 5.41) is 0.118.